The molecule has 2 N–H and O–H groups in total. The van der Waals surface area contributed by atoms with Gasteiger partial charge in [0.05, 0.1) is 11.3 Å². The minimum atomic E-state index is -0.122. The maximum absolute atomic E-state index is 11.4. The summed E-state index contributed by atoms with van der Waals surface area (Å²) in [6.45, 7) is 6.54. The summed E-state index contributed by atoms with van der Waals surface area (Å²) in [6.07, 6.45) is 2.29. The normalized spacial score (nSPS) is 17.3. The number of piperidine rings is 1. The van der Waals surface area contributed by atoms with E-state index >= 15 is 0 Å². The lowest BCUT2D eigenvalue weighted by molar-refractivity contribution is -0.118. The van der Waals surface area contributed by atoms with Crippen molar-refractivity contribution in [1.29, 1.82) is 0 Å². The zero-order valence-electron chi connectivity index (χ0n) is 17.3. The van der Waals surface area contributed by atoms with Crippen molar-refractivity contribution in [2.75, 3.05) is 42.3 Å². The van der Waals surface area contributed by atoms with Crippen LogP contribution in [0.1, 0.15) is 26.7 Å². The molecule has 29 heavy (non-hydrogen) atoms. The van der Waals surface area contributed by atoms with Crippen LogP contribution in [0.4, 0.5) is 22.7 Å². The number of carbonyl (C=O) groups excluding carboxylic acids is 1. The van der Waals surface area contributed by atoms with Crippen molar-refractivity contribution in [2.45, 2.75) is 32.3 Å². The van der Waals surface area contributed by atoms with Crippen LogP contribution < -0.4 is 20.3 Å². The highest BCUT2D eigenvalue weighted by molar-refractivity contribution is 5.95. The Labute approximate surface area is 172 Å². The summed E-state index contributed by atoms with van der Waals surface area (Å²) in [5.41, 5.74) is 3.85. The maximum Gasteiger partial charge on any atom is 0.262 e. The Kier molecular flexibility index (Phi) is 5.37. The van der Waals surface area contributed by atoms with Gasteiger partial charge in [0.1, 0.15) is 5.75 Å². The van der Waals surface area contributed by atoms with E-state index in [1.165, 1.54) is 5.69 Å². The average molecular weight is 396 g/mol. The van der Waals surface area contributed by atoms with E-state index in [1.54, 1.807) is 0 Å². The van der Waals surface area contributed by atoms with E-state index in [2.05, 4.69) is 53.6 Å². The van der Waals surface area contributed by atoms with Crippen LogP contribution >= 0.6 is 0 Å². The molecule has 0 saturated carbocycles. The number of hydrogen-bond donors (Lipinski definition) is 2. The second-order valence-electron chi connectivity index (χ2n) is 8.29. The number of nitrogens with zero attached hydrogens (tertiary/aromatic N) is 1. The van der Waals surface area contributed by atoms with Crippen LogP contribution in [0.15, 0.2) is 42.5 Å². The minimum Gasteiger partial charge on any atom is -0.482 e. The first-order valence-electron chi connectivity index (χ1n) is 10.2. The predicted octanol–water partition coefficient (Wildman–Crippen LogP) is 4.40. The van der Waals surface area contributed by atoms with Gasteiger partial charge in [-0.2, -0.15) is 0 Å². The fourth-order valence-electron chi connectivity index (χ4n) is 4.07. The average Bonchev–Trinajstić information content (AvgIpc) is 2.74. The van der Waals surface area contributed by atoms with Crippen molar-refractivity contribution >= 4 is 28.7 Å². The monoisotopic (exact) mass is 395 g/mol. The molecule has 0 spiro atoms. The standard InChI is InChI=1S/C23H29N3O3/c1-23(2,28-3)16-10-12-26(13-11-16)19-7-4-17(5-8-19)24-18-6-9-20-21(14-18)29-15-22(27)25-20/h4-9,14,16,24H,10-13,15H2,1-3H3,(H,25,27). The van der Waals surface area contributed by atoms with Crippen LogP contribution in [-0.2, 0) is 9.53 Å². The Morgan fingerprint density at radius 2 is 1.79 bits per heavy atom. The van der Waals surface area contributed by atoms with Gasteiger partial charge < -0.3 is 25.0 Å². The first-order valence-corrected chi connectivity index (χ1v) is 10.2. The molecule has 0 bridgehead atoms. The van der Waals surface area contributed by atoms with Gasteiger partial charge in [0.15, 0.2) is 6.61 Å². The van der Waals surface area contributed by atoms with Gasteiger partial charge in [0.25, 0.3) is 5.91 Å². The van der Waals surface area contributed by atoms with E-state index in [1.807, 2.05) is 25.3 Å². The van der Waals surface area contributed by atoms with Crippen molar-refractivity contribution in [1.82, 2.24) is 0 Å². The Morgan fingerprint density at radius 3 is 2.48 bits per heavy atom. The SMILES string of the molecule is COC(C)(C)C1CCN(c2ccc(Nc3ccc4c(c3)OCC(=O)N4)cc2)CC1. The quantitative estimate of drug-likeness (QED) is 0.786. The van der Waals surface area contributed by atoms with Gasteiger partial charge in [-0.05, 0) is 69.0 Å². The van der Waals surface area contributed by atoms with Crippen LogP contribution in [0.25, 0.3) is 0 Å². The summed E-state index contributed by atoms with van der Waals surface area (Å²) in [4.78, 5) is 13.8. The molecule has 0 aliphatic carbocycles. The number of fused-ring (bicyclic) bond motifs is 1. The molecule has 0 radical (unpaired) electrons. The molecule has 2 aliphatic heterocycles. The number of benzene rings is 2. The number of amides is 1. The van der Waals surface area contributed by atoms with Crippen LogP contribution in [0.5, 0.6) is 5.75 Å². The summed E-state index contributed by atoms with van der Waals surface area (Å²) >= 11 is 0. The minimum absolute atomic E-state index is 0.0543. The predicted molar refractivity (Wildman–Crippen MR) is 116 cm³/mol. The summed E-state index contributed by atoms with van der Waals surface area (Å²) < 4.78 is 11.2. The van der Waals surface area contributed by atoms with Crippen molar-refractivity contribution in [3.63, 3.8) is 0 Å². The molecule has 2 aromatic carbocycles. The maximum atomic E-state index is 11.4. The van der Waals surface area contributed by atoms with Crippen molar-refractivity contribution in [3.05, 3.63) is 42.5 Å². The van der Waals surface area contributed by atoms with E-state index in [9.17, 15) is 4.79 Å². The summed E-state index contributed by atoms with van der Waals surface area (Å²) in [5, 5.41) is 6.21. The molecule has 6 nitrogen and oxygen atoms in total. The molecule has 2 aliphatic rings. The van der Waals surface area contributed by atoms with E-state index in [4.69, 9.17) is 9.47 Å². The fraction of sp³-hybridized carbons (Fsp3) is 0.435. The van der Waals surface area contributed by atoms with Crippen LogP contribution in [0.2, 0.25) is 0 Å². The Bertz CT molecular complexity index is 871. The molecule has 1 amide bonds. The van der Waals surface area contributed by atoms with Crippen molar-refractivity contribution < 1.29 is 14.3 Å². The van der Waals surface area contributed by atoms with Crippen molar-refractivity contribution in [3.8, 4) is 5.75 Å². The number of rotatable bonds is 5. The molecule has 1 fully saturated rings. The Morgan fingerprint density at radius 1 is 1.10 bits per heavy atom. The summed E-state index contributed by atoms with van der Waals surface area (Å²) in [6, 6.07) is 14.2. The van der Waals surface area contributed by atoms with E-state index < -0.39 is 0 Å². The van der Waals surface area contributed by atoms with Crippen LogP contribution in [0, 0.1) is 5.92 Å². The lowest BCUT2D eigenvalue weighted by Crippen LogP contribution is -2.43. The van der Waals surface area contributed by atoms with Gasteiger partial charge >= 0.3 is 0 Å². The molecular formula is C23H29N3O3. The van der Waals surface area contributed by atoms with Crippen molar-refractivity contribution in [2.24, 2.45) is 5.92 Å². The number of carbonyl (C=O) groups is 1. The summed E-state index contributed by atoms with van der Waals surface area (Å²) in [5.74, 6) is 1.16. The third kappa shape index (κ3) is 4.32. The van der Waals surface area contributed by atoms with Gasteiger partial charge in [0.2, 0.25) is 0 Å². The highest BCUT2D eigenvalue weighted by Crippen LogP contribution is 2.34. The molecule has 6 heteroatoms. The highest BCUT2D eigenvalue weighted by Gasteiger charge is 2.32. The number of nitrogens with one attached hydrogen (secondary N) is 2. The van der Waals surface area contributed by atoms with Gasteiger partial charge in [-0.25, -0.2) is 0 Å². The van der Waals surface area contributed by atoms with Gasteiger partial charge in [0, 0.05) is 43.3 Å². The molecule has 0 atom stereocenters. The summed E-state index contributed by atoms with van der Waals surface area (Å²) in [7, 11) is 1.81. The van der Waals surface area contributed by atoms with E-state index in [0.29, 0.717) is 17.4 Å². The zero-order chi connectivity index (χ0) is 20.4. The molecule has 2 aromatic rings. The first-order chi connectivity index (χ1) is 13.9. The van der Waals surface area contributed by atoms with Gasteiger partial charge in [-0.15, -0.1) is 0 Å². The molecule has 2 heterocycles. The number of hydrogen-bond acceptors (Lipinski definition) is 5. The Hall–Kier alpha value is -2.73. The smallest absolute Gasteiger partial charge is 0.262 e. The molecular weight excluding hydrogens is 366 g/mol. The molecule has 154 valence electrons. The fourth-order valence-corrected chi connectivity index (χ4v) is 4.07. The molecule has 0 unspecified atom stereocenters. The lowest BCUT2D eigenvalue weighted by atomic mass is 9.83. The molecule has 1 saturated heterocycles. The Balaban J connectivity index is 1.37. The van der Waals surface area contributed by atoms with Crippen LogP contribution in [0.3, 0.4) is 0 Å². The number of methoxy groups -OCH3 is 1. The van der Waals surface area contributed by atoms with E-state index in [0.717, 1.165) is 37.3 Å². The lowest BCUT2D eigenvalue weighted by Gasteiger charge is -2.40. The topological polar surface area (TPSA) is 62.8 Å². The molecule has 4 rings (SSSR count). The number of anilines is 4. The van der Waals surface area contributed by atoms with Gasteiger partial charge in [-0.1, -0.05) is 0 Å². The second kappa shape index (κ2) is 7.95. The number of ether oxygens (including phenoxy) is 2. The largest absolute Gasteiger partial charge is 0.482 e. The second-order valence-corrected chi connectivity index (χ2v) is 8.29. The third-order valence-corrected chi connectivity index (χ3v) is 6.14. The highest BCUT2D eigenvalue weighted by atomic mass is 16.5. The molecule has 0 aromatic heterocycles. The zero-order valence-corrected chi connectivity index (χ0v) is 17.3. The first kappa shape index (κ1) is 19.6. The third-order valence-electron chi connectivity index (χ3n) is 6.14. The van der Waals surface area contributed by atoms with Crippen LogP contribution in [-0.4, -0.2) is 38.3 Å². The van der Waals surface area contributed by atoms with Gasteiger partial charge in [-0.3, -0.25) is 4.79 Å². The van der Waals surface area contributed by atoms with E-state index in [-0.39, 0.29) is 18.1 Å².